The number of halogens is 1. The molecule has 2 rings (SSSR count). The van der Waals surface area contributed by atoms with Crippen LogP contribution < -0.4 is 9.80 Å². The standard InChI is InChI=1S/C12H13BrN2O/c1-3-6-15-10-5-4-9(13)7-11(10)14(2)8-12(15)16/h3-5,7H,1,6,8H2,2H3. The predicted octanol–water partition coefficient (Wildman–Crippen LogP) is 2.42. The summed E-state index contributed by atoms with van der Waals surface area (Å²) in [6, 6.07) is 5.93. The second-order valence-electron chi connectivity index (χ2n) is 3.78. The highest BCUT2D eigenvalue weighted by molar-refractivity contribution is 9.10. The fraction of sp³-hybridized carbons (Fsp3) is 0.250. The van der Waals surface area contributed by atoms with Crippen LogP contribution in [0.3, 0.4) is 0 Å². The predicted molar refractivity (Wildman–Crippen MR) is 70.0 cm³/mol. The molecule has 0 atom stereocenters. The van der Waals surface area contributed by atoms with Crippen LogP contribution in [0.5, 0.6) is 0 Å². The highest BCUT2D eigenvalue weighted by atomic mass is 79.9. The summed E-state index contributed by atoms with van der Waals surface area (Å²) in [7, 11) is 1.93. The van der Waals surface area contributed by atoms with Gasteiger partial charge in [-0.15, -0.1) is 6.58 Å². The van der Waals surface area contributed by atoms with Crippen molar-refractivity contribution in [1.82, 2.24) is 0 Å². The highest BCUT2D eigenvalue weighted by Crippen LogP contribution is 2.34. The van der Waals surface area contributed by atoms with Crippen LogP contribution in [-0.2, 0) is 4.79 Å². The number of benzene rings is 1. The van der Waals surface area contributed by atoms with Gasteiger partial charge in [-0.25, -0.2) is 0 Å². The molecule has 0 N–H and O–H groups in total. The summed E-state index contributed by atoms with van der Waals surface area (Å²) in [4.78, 5) is 15.6. The molecule has 0 saturated heterocycles. The fourth-order valence-corrected chi connectivity index (χ4v) is 2.22. The first kappa shape index (κ1) is 11.2. The van der Waals surface area contributed by atoms with E-state index in [0.29, 0.717) is 13.1 Å². The van der Waals surface area contributed by atoms with Crippen LogP contribution >= 0.6 is 15.9 Å². The van der Waals surface area contributed by atoms with Crippen LogP contribution in [0.25, 0.3) is 0 Å². The van der Waals surface area contributed by atoms with Gasteiger partial charge in [0.1, 0.15) is 0 Å². The number of amides is 1. The second kappa shape index (κ2) is 4.29. The molecule has 1 aromatic rings. The molecule has 0 saturated carbocycles. The Kier molecular flexibility index (Phi) is 3.01. The molecule has 1 aliphatic heterocycles. The third kappa shape index (κ3) is 1.85. The molecule has 1 heterocycles. The first-order valence-electron chi connectivity index (χ1n) is 5.05. The highest BCUT2D eigenvalue weighted by Gasteiger charge is 2.26. The number of carbonyl (C=O) groups is 1. The van der Waals surface area contributed by atoms with Crippen LogP contribution in [0.2, 0.25) is 0 Å². The summed E-state index contributed by atoms with van der Waals surface area (Å²) in [6.07, 6.45) is 1.75. The second-order valence-corrected chi connectivity index (χ2v) is 4.70. The minimum Gasteiger partial charge on any atom is -0.364 e. The summed E-state index contributed by atoms with van der Waals surface area (Å²) in [6.45, 7) is 4.65. The molecule has 1 amide bonds. The van der Waals surface area contributed by atoms with Crippen molar-refractivity contribution in [3.05, 3.63) is 35.3 Å². The van der Waals surface area contributed by atoms with E-state index in [2.05, 4.69) is 22.5 Å². The van der Waals surface area contributed by atoms with Crippen molar-refractivity contribution in [2.75, 3.05) is 29.9 Å². The number of rotatable bonds is 2. The van der Waals surface area contributed by atoms with Crippen molar-refractivity contribution in [2.24, 2.45) is 0 Å². The molecule has 3 nitrogen and oxygen atoms in total. The van der Waals surface area contributed by atoms with E-state index in [-0.39, 0.29) is 5.91 Å². The van der Waals surface area contributed by atoms with Gasteiger partial charge in [0.2, 0.25) is 5.91 Å². The first-order valence-corrected chi connectivity index (χ1v) is 5.84. The Hall–Kier alpha value is -1.29. The summed E-state index contributed by atoms with van der Waals surface area (Å²) in [5.74, 6) is 0.109. The Labute approximate surface area is 103 Å². The van der Waals surface area contributed by atoms with Gasteiger partial charge in [0.25, 0.3) is 0 Å². The lowest BCUT2D eigenvalue weighted by Gasteiger charge is -2.34. The molecular weight excluding hydrogens is 268 g/mol. The lowest BCUT2D eigenvalue weighted by atomic mass is 10.1. The Balaban J connectivity index is 2.49. The number of anilines is 2. The van der Waals surface area contributed by atoms with Gasteiger partial charge in [-0.3, -0.25) is 4.79 Å². The monoisotopic (exact) mass is 280 g/mol. The molecule has 4 heteroatoms. The smallest absolute Gasteiger partial charge is 0.246 e. The molecule has 0 unspecified atom stereocenters. The minimum absolute atomic E-state index is 0.109. The van der Waals surface area contributed by atoms with E-state index in [1.165, 1.54) is 0 Å². The van der Waals surface area contributed by atoms with Gasteiger partial charge in [0, 0.05) is 18.1 Å². The maximum absolute atomic E-state index is 11.9. The molecule has 0 radical (unpaired) electrons. The van der Waals surface area contributed by atoms with Gasteiger partial charge in [0.15, 0.2) is 0 Å². The minimum atomic E-state index is 0.109. The molecule has 0 fully saturated rings. The SMILES string of the molecule is C=CCN1C(=O)CN(C)c2cc(Br)ccc21. The van der Waals surface area contributed by atoms with Gasteiger partial charge in [0.05, 0.1) is 17.9 Å². The van der Waals surface area contributed by atoms with Crippen LogP contribution in [0.15, 0.2) is 35.3 Å². The molecule has 0 spiro atoms. The molecule has 0 bridgehead atoms. The third-order valence-electron chi connectivity index (χ3n) is 2.62. The molecule has 0 aliphatic carbocycles. The normalized spacial score (nSPS) is 15.0. The molecular formula is C12H13BrN2O. The Morgan fingerprint density at radius 3 is 2.94 bits per heavy atom. The van der Waals surface area contributed by atoms with Gasteiger partial charge < -0.3 is 9.80 Å². The van der Waals surface area contributed by atoms with E-state index in [1.807, 2.05) is 30.1 Å². The number of carbonyl (C=O) groups excluding carboxylic acids is 1. The lowest BCUT2D eigenvalue weighted by molar-refractivity contribution is -0.117. The summed E-state index contributed by atoms with van der Waals surface area (Å²) in [5, 5.41) is 0. The number of likely N-dealkylation sites (N-methyl/N-ethyl adjacent to an activating group) is 1. The third-order valence-corrected chi connectivity index (χ3v) is 3.12. The van der Waals surface area contributed by atoms with E-state index in [4.69, 9.17) is 0 Å². The maximum Gasteiger partial charge on any atom is 0.246 e. The van der Waals surface area contributed by atoms with Gasteiger partial charge in [-0.1, -0.05) is 22.0 Å². The van der Waals surface area contributed by atoms with Crippen LogP contribution in [0.4, 0.5) is 11.4 Å². The van der Waals surface area contributed by atoms with Gasteiger partial charge in [-0.2, -0.15) is 0 Å². The van der Waals surface area contributed by atoms with E-state index in [1.54, 1.807) is 11.0 Å². The van der Waals surface area contributed by atoms with Crippen molar-refractivity contribution in [3.63, 3.8) is 0 Å². The van der Waals surface area contributed by atoms with Crippen molar-refractivity contribution in [3.8, 4) is 0 Å². The number of fused-ring (bicyclic) bond motifs is 1. The zero-order valence-corrected chi connectivity index (χ0v) is 10.7. The van der Waals surface area contributed by atoms with Crippen LogP contribution in [0.1, 0.15) is 0 Å². The quantitative estimate of drug-likeness (QED) is 0.777. The molecule has 0 aromatic heterocycles. The van der Waals surface area contributed by atoms with Crippen molar-refractivity contribution in [2.45, 2.75) is 0 Å². The Bertz CT molecular complexity index is 445. The fourth-order valence-electron chi connectivity index (χ4n) is 1.87. The molecule has 1 aliphatic rings. The van der Waals surface area contributed by atoms with E-state index >= 15 is 0 Å². The molecule has 1 aromatic carbocycles. The van der Waals surface area contributed by atoms with Gasteiger partial charge >= 0.3 is 0 Å². The Morgan fingerprint density at radius 1 is 1.50 bits per heavy atom. The largest absolute Gasteiger partial charge is 0.364 e. The van der Waals surface area contributed by atoms with Crippen molar-refractivity contribution >= 4 is 33.2 Å². The summed E-state index contributed by atoms with van der Waals surface area (Å²) in [5.41, 5.74) is 2.01. The van der Waals surface area contributed by atoms with E-state index in [9.17, 15) is 4.79 Å². The average molecular weight is 281 g/mol. The zero-order valence-electron chi connectivity index (χ0n) is 9.11. The van der Waals surface area contributed by atoms with E-state index < -0.39 is 0 Å². The zero-order chi connectivity index (χ0) is 11.7. The van der Waals surface area contributed by atoms with Crippen molar-refractivity contribution in [1.29, 1.82) is 0 Å². The number of hydrogen-bond donors (Lipinski definition) is 0. The van der Waals surface area contributed by atoms with E-state index in [0.717, 1.165) is 15.8 Å². The summed E-state index contributed by atoms with van der Waals surface area (Å²) < 4.78 is 1.02. The topological polar surface area (TPSA) is 23.6 Å². The summed E-state index contributed by atoms with van der Waals surface area (Å²) >= 11 is 3.44. The Morgan fingerprint density at radius 2 is 2.25 bits per heavy atom. The van der Waals surface area contributed by atoms with Gasteiger partial charge in [-0.05, 0) is 18.2 Å². The molecule has 16 heavy (non-hydrogen) atoms. The maximum atomic E-state index is 11.9. The first-order chi connectivity index (χ1) is 7.63. The number of nitrogens with zero attached hydrogens (tertiary/aromatic N) is 2. The van der Waals surface area contributed by atoms with Crippen LogP contribution in [0, 0.1) is 0 Å². The molecule has 84 valence electrons. The van der Waals surface area contributed by atoms with Crippen LogP contribution in [-0.4, -0.2) is 26.0 Å². The average Bonchev–Trinajstić information content (AvgIpc) is 2.24. The van der Waals surface area contributed by atoms with Crippen molar-refractivity contribution < 1.29 is 4.79 Å². The number of hydrogen-bond acceptors (Lipinski definition) is 2. The lowest BCUT2D eigenvalue weighted by Crippen LogP contribution is -2.44.